The van der Waals surface area contributed by atoms with Gasteiger partial charge in [0.25, 0.3) is 11.8 Å². The van der Waals surface area contributed by atoms with Crippen molar-refractivity contribution in [3.05, 3.63) is 95.8 Å². The van der Waals surface area contributed by atoms with Crippen molar-refractivity contribution in [3.63, 3.8) is 0 Å². The Balaban J connectivity index is 1.60. The molecule has 33 heavy (non-hydrogen) atoms. The summed E-state index contributed by atoms with van der Waals surface area (Å²) in [6.45, 7) is 5.91. The lowest BCUT2D eigenvalue weighted by Gasteiger charge is -2.29. The third-order valence-corrected chi connectivity index (χ3v) is 5.39. The lowest BCUT2D eigenvalue weighted by Crippen LogP contribution is -2.37. The zero-order valence-corrected chi connectivity index (χ0v) is 19.1. The molecule has 0 radical (unpaired) electrons. The summed E-state index contributed by atoms with van der Waals surface area (Å²) in [6.07, 6.45) is 0.747. The topological polar surface area (TPSA) is 67.4 Å². The Morgan fingerprint density at radius 3 is 2.30 bits per heavy atom. The number of para-hydroxylation sites is 2. The van der Waals surface area contributed by atoms with Gasteiger partial charge in [0.15, 0.2) is 6.61 Å². The van der Waals surface area contributed by atoms with Crippen LogP contribution in [-0.4, -0.2) is 24.5 Å². The number of benzene rings is 3. The predicted molar refractivity (Wildman–Crippen MR) is 128 cm³/mol. The van der Waals surface area contributed by atoms with Crippen molar-refractivity contribution in [2.45, 2.75) is 38.6 Å². The molecule has 0 saturated carbocycles. The van der Waals surface area contributed by atoms with Gasteiger partial charge in [0.1, 0.15) is 11.6 Å². The van der Waals surface area contributed by atoms with Gasteiger partial charge in [-0.25, -0.2) is 4.39 Å². The number of halogens is 1. The molecule has 1 atom stereocenters. The number of hydrogen-bond donors (Lipinski definition) is 2. The van der Waals surface area contributed by atoms with Crippen molar-refractivity contribution in [2.75, 3.05) is 11.9 Å². The molecule has 0 spiro atoms. The Morgan fingerprint density at radius 2 is 1.58 bits per heavy atom. The molecule has 0 aliphatic rings. The van der Waals surface area contributed by atoms with Crippen molar-refractivity contribution in [3.8, 4) is 5.75 Å². The summed E-state index contributed by atoms with van der Waals surface area (Å²) >= 11 is 0. The van der Waals surface area contributed by atoms with Crippen LogP contribution in [0.4, 0.5) is 10.1 Å². The largest absolute Gasteiger partial charge is 0.483 e. The normalized spacial score (nSPS) is 12.0. The second-order valence-electron chi connectivity index (χ2n) is 8.64. The molecule has 5 nitrogen and oxygen atoms in total. The number of carbonyl (C=O) groups excluding carboxylic acids is 2. The van der Waals surface area contributed by atoms with Gasteiger partial charge in [-0.3, -0.25) is 9.59 Å². The first-order valence-electron chi connectivity index (χ1n) is 10.9. The van der Waals surface area contributed by atoms with Gasteiger partial charge in [0.05, 0.1) is 11.3 Å². The standard InChI is InChI=1S/C27H29FN2O3/c1-19(17-27(2,3)20-11-5-4-6-12-20)29-26(32)21-13-7-10-16-24(21)33-18-25(31)30-23-15-9-8-14-22(23)28/h4-16,19H,17-18H2,1-3H3,(H,29,32)(H,30,31). The molecule has 3 aromatic rings. The molecule has 0 aromatic heterocycles. The summed E-state index contributed by atoms with van der Waals surface area (Å²) in [7, 11) is 0. The van der Waals surface area contributed by atoms with Gasteiger partial charge in [-0.1, -0.05) is 68.4 Å². The molecule has 3 rings (SSSR count). The number of hydrogen-bond acceptors (Lipinski definition) is 3. The minimum Gasteiger partial charge on any atom is -0.483 e. The van der Waals surface area contributed by atoms with E-state index in [1.54, 1.807) is 30.3 Å². The molecule has 0 fully saturated rings. The minimum absolute atomic E-state index is 0.0759. The van der Waals surface area contributed by atoms with Crippen LogP contribution in [0.25, 0.3) is 0 Å². The first-order valence-corrected chi connectivity index (χ1v) is 10.9. The Bertz CT molecular complexity index is 1100. The highest BCUT2D eigenvalue weighted by Crippen LogP contribution is 2.28. The van der Waals surface area contributed by atoms with E-state index in [1.165, 1.54) is 23.8 Å². The fraction of sp³-hybridized carbons (Fsp3) is 0.259. The maximum atomic E-state index is 13.7. The lowest BCUT2D eigenvalue weighted by molar-refractivity contribution is -0.118. The highest BCUT2D eigenvalue weighted by molar-refractivity contribution is 5.97. The van der Waals surface area contributed by atoms with Gasteiger partial charge in [-0.2, -0.15) is 0 Å². The fourth-order valence-electron chi connectivity index (χ4n) is 3.80. The molecule has 0 saturated heterocycles. The van der Waals surface area contributed by atoms with Crippen molar-refractivity contribution in [2.24, 2.45) is 0 Å². The summed E-state index contributed by atoms with van der Waals surface area (Å²) in [4.78, 5) is 25.1. The average molecular weight is 449 g/mol. The Hall–Kier alpha value is -3.67. The molecule has 0 aliphatic heterocycles. The third-order valence-electron chi connectivity index (χ3n) is 5.39. The van der Waals surface area contributed by atoms with E-state index in [0.29, 0.717) is 5.56 Å². The van der Waals surface area contributed by atoms with Crippen molar-refractivity contribution in [1.82, 2.24) is 5.32 Å². The summed E-state index contributed by atoms with van der Waals surface area (Å²) in [5.41, 5.74) is 1.50. The van der Waals surface area contributed by atoms with E-state index < -0.39 is 11.7 Å². The van der Waals surface area contributed by atoms with Crippen LogP contribution in [0.2, 0.25) is 0 Å². The average Bonchev–Trinajstić information content (AvgIpc) is 2.79. The molecule has 6 heteroatoms. The monoisotopic (exact) mass is 448 g/mol. The molecular weight excluding hydrogens is 419 g/mol. The fourth-order valence-corrected chi connectivity index (χ4v) is 3.80. The summed E-state index contributed by atoms with van der Waals surface area (Å²) in [6, 6.07) is 22.7. The number of anilines is 1. The smallest absolute Gasteiger partial charge is 0.262 e. The molecule has 2 amide bonds. The van der Waals surface area contributed by atoms with E-state index in [2.05, 4.69) is 36.6 Å². The van der Waals surface area contributed by atoms with Crippen LogP contribution in [0.1, 0.15) is 43.1 Å². The summed E-state index contributed by atoms with van der Waals surface area (Å²) in [5, 5.41) is 5.49. The van der Waals surface area contributed by atoms with E-state index in [-0.39, 0.29) is 35.4 Å². The van der Waals surface area contributed by atoms with Gasteiger partial charge in [0.2, 0.25) is 0 Å². The van der Waals surface area contributed by atoms with Gasteiger partial charge in [0, 0.05) is 6.04 Å². The minimum atomic E-state index is -0.530. The second kappa shape index (κ2) is 10.8. The molecular formula is C27H29FN2O3. The maximum Gasteiger partial charge on any atom is 0.262 e. The van der Waals surface area contributed by atoms with Gasteiger partial charge >= 0.3 is 0 Å². The van der Waals surface area contributed by atoms with E-state index in [0.717, 1.165) is 6.42 Å². The van der Waals surface area contributed by atoms with Crippen LogP contribution >= 0.6 is 0 Å². The maximum absolute atomic E-state index is 13.7. The van der Waals surface area contributed by atoms with E-state index >= 15 is 0 Å². The number of ether oxygens (including phenoxy) is 1. The van der Waals surface area contributed by atoms with Crippen molar-refractivity contribution >= 4 is 17.5 Å². The lowest BCUT2D eigenvalue weighted by atomic mass is 9.79. The summed E-state index contributed by atoms with van der Waals surface area (Å²) in [5.74, 6) is -1.05. The highest BCUT2D eigenvalue weighted by Gasteiger charge is 2.25. The molecule has 2 N–H and O–H groups in total. The predicted octanol–water partition coefficient (Wildman–Crippen LogP) is 5.33. The Morgan fingerprint density at radius 1 is 0.939 bits per heavy atom. The zero-order valence-electron chi connectivity index (χ0n) is 19.1. The molecule has 0 aliphatic carbocycles. The third kappa shape index (κ3) is 6.65. The SMILES string of the molecule is CC(CC(C)(C)c1ccccc1)NC(=O)c1ccccc1OCC(=O)Nc1ccccc1F. The second-order valence-corrected chi connectivity index (χ2v) is 8.64. The molecule has 3 aromatic carbocycles. The number of rotatable bonds is 9. The number of amides is 2. The molecule has 172 valence electrons. The highest BCUT2D eigenvalue weighted by atomic mass is 19.1. The van der Waals surface area contributed by atoms with Gasteiger partial charge in [-0.15, -0.1) is 0 Å². The van der Waals surface area contributed by atoms with Crippen LogP contribution in [0.3, 0.4) is 0 Å². The van der Waals surface area contributed by atoms with E-state index in [1.807, 2.05) is 25.1 Å². The van der Waals surface area contributed by atoms with Crippen LogP contribution in [-0.2, 0) is 10.2 Å². The first-order chi connectivity index (χ1) is 15.8. The van der Waals surface area contributed by atoms with Crippen LogP contribution < -0.4 is 15.4 Å². The molecule has 0 bridgehead atoms. The number of carbonyl (C=O) groups is 2. The summed E-state index contributed by atoms with van der Waals surface area (Å²) < 4.78 is 19.3. The molecule has 0 heterocycles. The first kappa shape index (κ1) is 24.0. The van der Waals surface area contributed by atoms with Crippen molar-refractivity contribution in [1.29, 1.82) is 0 Å². The van der Waals surface area contributed by atoms with Crippen LogP contribution in [0.15, 0.2) is 78.9 Å². The number of nitrogens with one attached hydrogen (secondary N) is 2. The van der Waals surface area contributed by atoms with Gasteiger partial charge < -0.3 is 15.4 Å². The van der Waals surface area contributed by atoms with Crippen LogP contribution in [0.5, 0.6) is 5.75 Å². The van der Waals surface area contributed by atoms with Crippen molar-refractivity contribution < 1.29 is 18.7 Å². The zero-order chi connectivity index (χ0) is 23.8. The Labute approximate surface area is 194 Å². The Kier molecular flexibility index (Phi) is 7.83. The molecule has 1 unspecified atom stereocenters. The van der Waals surface area contributed by atoms with E-state index in [9.17, 15) is 14.0 Å². The van der Waals surface area contributed by atoms with Gasteiger partial charge in [-0.05, 0) is 48.6 Å². The van der Waals surface area contributed by atoms with E-state index in [4.69, 9.17) is 4.74 Å². The van der Waals surface area contributed by atoms with Crippen LogP contribution in [0, 0.1) is 5.82 Å². The quantitative estimate of drug-likeness (QED) is 0.465.